The van der Waals surface area contributed by atoms with E-state index in [4.69, 9.17) is 0 Å². The standard InChI is InChI=1S/C24H18F2N6/c1-13-14(2)29-24-22(28-13)21(17-8-19(25)10-20(26)9-17)30-23(31-24)16-6-4-5-15(7-16)18-11-27-32(3)12-18/h4-12H,1-3H3. The Morgan fingerprint density at radius 3 is 2.19 bits per heavy atom. The Morgan fingerprint density at radius 1 is 0.750 bits per heavy atom. The molecule has 32 heavy (non-hydrogen) atoms. The molecule has 3 heterocycles. The van der Waals surface area contributed by atoms with E-state index in [0.717, 1.165) is 28.5 Å². The molecule has 0 aliphatic carbocycles. The lowest BCUT2D eigenvalue weighted by atomic mass is 10.1. The second-order valence-electron chi connectivity index (χ2n) is 7.60. The molecule has 158 valence electrons. The first-order valence-corrected chi connectivity index (χ1v) is 9.96. The molecule has 0 fully saturated rings. The van der Waals surface area contributed by atoms with Gasteiger partial charge in [-0.2, -0.15) is 5.10 Å². The van der Waals surface area contributed by atoms with E-state index in [1.807, 2.05) is 51.4 Å². The van der Waals surface area contributed by atoms with Crippen LogP contribution in [0.25, 0.3) is 44.9 Å². The van der Waals surface area contributed by atoms with E-state index in [-0.39, 0.29) is 5.56 Å². The van der Waals surface area contributed by atoms with E-state index in [2.05, 4.69) is 25.0 Å². The van der Waals surface area contributed by atoms with Gasteiger partial charge in [-0.1, -0.05) is 18.2 Å². The van der Waals surface area contributed by atoms with Gasteiger partial charge in [-0.3, -0.25) is 4.68 Å². The Bertz CT molecular complexity index is 1470. The summed E-state index contributed by atoms with van der Waals surface area (Å²) in [5.74, 6) is -0.993. The predicted molar refractivity (Wildman–Crippen MR) is 118 cm³/mol. The van der Waals surface area contributed by atoms with Crippen LogP contribution in [0.2, 0.25) is 0 Å². The summed E-state index contributed by atoms with van der Waals surface area (Å²) in [6.45, 7) is 3.66. The number of benzene rings is 2. The van der Waals surface area contributed by atoms with Gasteiger partial charge in [-0.15, -0.1) is 0 Å². The SMILES string of the molecule is Cc1nc2nc(-c3cccc(-c4cnn(C)c4)c3)nc(-c3cc(F)cc(F)c3)c2nc1C. The van der Waals surface area contributed by atoms with Gasteiger partial charge in [0.2, 0.25) is 0 Å². The first-order chi connectivity index (χ1) is 15.4. The van der Waals surface area contributed by atoms with Crippen molar-refractivity contribution in [3.63, 3.8) is 0 Å². The molecule has 5 aromatic rings. The number of aromatic nitrogens is 6. The van der Waals surface area contributed by atoms with Crippen molar-refractivity contribution in [2.45, 2.75) is 13.8 Å². The molecule has 0 radical (unpaired) electrons. The van der Waals surface area contributed by atoms with Crippen LogP contribution in [0.15, 0.2) is 54.9 Å². The molecule has 0 N–H and O–H groups in total. The van der Waals surface area contributed by atoms with Gasteiger partial charge >= 0.3 is 0 Å². The third-order valence-electron chi connectivity index (χ3n) is 5.24. The largest absolute Gasteiger partial charge is 0.275 e. The third-order valence-corrected chi connectivity index (χ3v) is 5.24. The average Bonchev–Trinajstić information content (AvgIpc) is 3.20. The molecule has 3 aromatic heterocycles. The molecule has 0 bridgehead atoms. The third kappa shape index (κ3) is 3.60. The maximum absolute atomic E-state index is 14.0. The fourth-order valence-electron chi connectivity index (χ4n) is 3.54. The molecular weight excluding hydrogens is 410 g/mol. The summed E-state index contributed by atoms with van der Waals surface area (Å²) in [5, 5.41) is 4.22. The van der Waals surface area contributed by atoms with E-state index in [1.54, 1.807) is 10.9 Å². The summed E-state index contributed by atoms with van der Waals surface area (Å²) >= 11 is 0. The highest BCUT2D eigenvalue weighted by Crippen LogP contribution is 2.30. The molecule has 0 saturated carbocycles. The van der Waals surface area contributed by atoms with Crippen molar-refractivity contribution in [3.05, 3.63) is 77.9 Å². The van der Waals surface area contributed by atoms with Gasteiger partial charge in [0.15, 0.2) is 11.5 Å². The highest BCUT2D eigenvalue weighted by atomic mass is 19.1. The molecule has 6 nitrogen and oxygen atoms in total. The number of rotatable bonds is 3. The van der Waals surface area contributed by atoms with Crippen molar-refractivity contribution >= 4 is 11.2 Å². The number of nitrogens with zero attached hydrogens (tertiary/aromatic N) is 6. The van der Waals surface area contributed by atoms with Gasteiger partial charge in [-0.25, -0.2) is 28.7 Å². The quantitative estimate of drug-likeness (QED) is 0.402. The minimum Gasteiger partial charge on any atom is -0.275 e. The van der Waals surface area contributed by atoms with Gasteiger partial charge in [0, 0.05) is 36.0 Å². The topological polar surface area (TPSA) is 69.4 Å². The minimum atomic E-state index is -0.691. The Balaban J connectivity index is 1.75. The molecule has 0 aliphatic rings. The Kier molecular flexibility index (Phi) is 4.70. The van der Waals surface area contributed by atoms with Gasteiger partial charge in [0.1, 0.15) is 22.8 Å². The molecule has 0 amide bonds. The fourth-order valence-corrected chi connectivity index (χ4v) is 3.54. The summed E-state index contributed by atoms with van der Waals surface area (Å²) < 4.78 is 29.7. The van der Waals surface area contributed by atoms with Crippen LogP contribution in [-0.4, -0.2) is 29.7 Å². The molecule has 0 aliphatic heterocycles. The number of hydrogen-bond acceptors (Lipinski definition) is 5. The van der Waals surface area contributed by atoms with Crippen LogP contribution < -0.4 is 0 Å². The first-order valence-electron chi connectivity index (χ1n) is 9.96. The van der Waals surface area contributed by atoms with Crippen LogP contribution >= 0.6 is 0 Å². The number of hydrogen-bond donors (Lipinski definition) is 0. The highest BCUT2D eigenvalue weighted by Gasteiger charge is 2.17. The van der Waals surface area contributed by atoms with Crippen LogP contribution in [0.4, 0.5) is 8.78 Å². The predicted octanol–water partition coefficient (Wildman–Crippen LogP) is 5.05. The maximum atomic E-state index is 14.0. The molecule has 2 aromatic carbocycles. The van der Waals surface area contributed by atoms with E-state index in [0.29, 0.717) is 28.4 Å². The lowest BCUT2D eigenvalue weighted by molar-refractivity contribution is 0.584. The average molecular weight is 428 g/mol. The van der Waals surface area contributed by atoms with Crippen LogP contribution in [0.3, 0.4) is 0 Å². The molecular formula is C24H18F2N6. The zero-order chi connectivity index (χ0) is 22.4. The molecule has 0 atom stereocenters. The van der Waals surface area contributed by atoms with Crippen LogP contribution in [-0.2, 0) is 7.05 Å². The number of halogens is 2. The number of fused-ring (bicyclic) bond motifs is 1. The monoisotopic (exact) mass is 428 g/mol. The maximum Gasteiger partial charge on any atom is 0.182 e. The van der Waals surface area contributed by atoms with Crippen molar-refractivity contribution in [3.8, 4) is 33.8 Å². The normalized spacial score (nSPS) is 11.3. The zero-order valence-electron chi connectivity index (χ0n) is 17.6. The lowest BCUT2D eigenvalue weighted by Gasteiger charge is -2.11. The highest BCUT2D eigenvalue weighted by molar-refractivity contribution is 5.89. The van der Waals surface area contributed by atoms with E-state index >= 15 is 0 Å². The molecule has 0 saturated heterocycles. The Morgan fingerprint density at radius 2 is 1.47 bits per heavy atom. The molecule has 5 rings (SSSR count). The van der Waals surface area contributed by atoms with Crippen LogP contribution in [0.5, 0.6) is 0 Å². The van der Waals surface area contributed by atoms with Gasteiger partial charge < -0.3 is 0 Å². The smallest absolute Gasteiger partial charge is 0.182 e. The fraction of sp³-hybridized carbons (Fsp3) is 0.125. The summed E-state index contributed by atoms with van der Waals surface area (Å²) in [6.07, 6.45) is 3.69. The van der Waals surface area contributed by atoms with Crippen LogP contribution in [0.1, 0.15) is 11.4 Å². The molecule has 8 heteroatoms. The van der Waals surface area contributed by atoms with Crippen molar-refractivity contribution < 1.29 is 8.78 Å². The summed E-state index contributed by atoms with van der Waals surface area (Å²) in [7, 11) is 1.85. The van der Waals surface area contributed by atoms with E-state index in [9.17, 15) is 8.78 Å². The number of aryl methyl sites for hydroxylation is 3. The minimum absolute atomic E-state index is 0.275. The summed E-state index contributed by atoms with van der Waals surface area (Å²) in [4.78, 5) is 18.4. The second kappa shape index (κ2) is 7.56. The van der Waals surface area contributed by atoms with Gasteiger partial charge in [0.05, 0.1) is 17.6 Å². The molecule has 0 unspecified atom stereocenters. The second-order valence-corrected chi connectivity index (χ2v) is 7.60. The van der Waals surface area contributed by atoms with Gasteiger partial charge in [-0.05, 0) is 37.6 Å². The van der Waals surface area contributed by atoms with Crippen molar-refractivity contribution in [1.29, 1.82) is 0 Å². The van der Waals surface area contributed by atoms with E-state index in [1.165, 1.54) is 12.1 Å². The van der Waals surface area contributed by atoms with Crippen molar-refractivity contribution in [2.75, 3.05) is 0 Å². The first kappa shape index (κ1) is 19.9. The molecule has 0 spiro atoms. The summed E-state index contributed by atoms with van der Waals surface area (Å²) in [6, 6.07) is 11.0. The van der Waals surface area contributed by atoms with Crippen LogP contribution in [0, 0.1) is 25.5 Å². The Hall–Kier alpha value is -4.07. The van der Waals surface area contributed by atoms with Crippen molar-refractivity contribution in [2.24, 2.45) is 7.05 Å². The van der Waals surface area contributed by atoms with Crippen molar-refractivity contribution in [1.82, 2.24) is 29.7 Å². The van der Waals surface area contributed by atoms with Gasteiger partial charge in [0.25, 0.3) is 0 Å². The zero-order valence-corrected chi connectivity index (χ0v) is 17.6. The van der Waals surface area contributed by atoms with E-state index < -0.39 is 11.6 Å². The lowest BCUT2D eigenvalue weighted by Crippen LogP contribution is -2.02. The Labute approximate surface area is 182 Å². The summed E-state index contributed by atoms with van der Waals surface area (Å²) in [5.41, 5.74) is 5.43.